The normalized spacial score (nSPS) is 20.0. The van der Waals surface area contributed by atoms with Crippen molar-refractivity contribution >= 4 is 11.9 Å². The van der Waals surface area contributed by atoms with Crippen molar-refractivity contribution in [3.8, 4) is 17.2 Å². The summed E-state index contributed by atoms with van der Waals surface area (Å²) in [7, 11) is 4.63. The number of esters is 1. The van der Waals surface area contributed by atoms with Crippen LogP contribution in [0.15, 0.2) is 12.1 Å². The zero-order valence-corrected chi connectivity index (χ0v) is 18.4. The number of amides is 1. The van der Waals surface area contributed by atoms with Crippen LogP contribution in [0.5, 0.6) is 17.2 Å². The van der Waals surface area contributed by atoms with E-state index in [0.29, 0.717) is 36.8 Å². The Morgan fingerprint density at radius 1 is 1.00 bits per heavy atom. The maximum atomic E-state index is 13.5. The molecule has 0 heterocycles. The quantitative estimate of drug-likeness (QED) is 0.413. The molecule has 1 aliphatic carbocycles. The minimum absolute atomic E-state index is 0.154. The van der Waals surface area contributed by atoms with Crippen LogP contribution in [0.3, 0.4) is 0 Å². The Hall–Kier alpha value is -2.44. The highest BCUT2D eigenvalue weighted by molar-refractivity contribution is 6.07. The number of methoxy groups -OCH3 is 3. The molecule has 0 bridgehead atoms. The van der Waals surface area contributed by atoms with Crippen LogP contribution in [0, 0.1) is 5.41 Å². The molecule has 1 saturated carbocycles. The molecule has 29 heavy (non-hydrogen) atoms. The second-order valence-electron chi connectivity index (χ2n) is 7.20. The van der Waals surface area contributed by atoms with Crippen molar-refractivity contribution in [3.63, 3.8) is 0 Å². The Morgan fingerprint density at radius 2 is 1.55 bits per heavy atom. The monoisotopic (exact) mass is 407 g/mol. The lowest BCUT2D eigenvalue weighted by atomic mass is 9.96. The second kappa shape index (κ2) is 9.85. The van der Waals surface area contributed by atoms with Crippen LogP contribution >= 0.6 is 0 Å². The molecule has 1 fully saturated rings. The molecular weight excluding hydrogens is 374 g/mol. The van der Waals surface area contributed by atoms with E-state index < -0.39 is 11.4 Å². The average molecular weight is 408 g/mol. The summed E-state index contributed by atoms with van der Waals surface area (Å²) in [6.07, 6.45) is 2.08. The van der Waals surface area contributed by atoms with E-state index in [4.69, 9.17) is 18.9 Å². The maximum Gasteiger partial charge on any atom is 0.322 e. The molecule has 0 saturated heterocycles. The molecule has 2 atom stereocenters. The number of hydrogen-bond acceptors (Lipinski definition) is 6. The smallest absolute Gasteiger partial charge is 0.322 e. The van der Waals surface area contributed by atoms with E-state index in [-0.39, 0.29) is 18.4 Å². The SMILES string of the molecule is CCCN(CCC)C(=O)C1(C(=O)OCC)CC1c1cc(OC)c(OC)c(OC)c1. The molecule has 0 aromatic heterocycles. The lowest BCUT2D eigenvalue weighted by Gasteiger charge is -2.27. The minimum atomic E-state index is -1.19. The summed E-state index contributed by atoms with van der Waals surface area (Å²) in [5.74, 6) is 0.570. The Bertz CT molecular complexity index is 703. The predicted octanol–water partition coefficient (Wildman–Crippen LogP) is 3.40. The first-order valence-corrected chi connectivity index (χ1v) is 10.2. The Balaban J connectivity index is 2.48. The van der Waals surface area contributed by atoms with Crippen molar-refractivity contribution < 1.29 is 28.5 Å². The van der Waals surface area contributed by atoms with Gasteiger partial charge in [-0.3, -0.25) is 9.59 Å². The van der Waals surface area contributed by atoms with Crippen LogP contribution in [0.25, 0.3) is 0 Å². The van der Waals surface area contributed by atoms with Crippen LogP contribution < -0.4 is 14.2 Å². The summed E-state index contributed by atoms with van der Waals surface area (Å²) in [6, 6.07) is 3.62. The van der Waals surface area contributed by atoms with Gasteiger partial charge in [0.1, 0.15) is 0 Å². The van der Waals surface area contributed by atoms with Gasteiger partial charge in [0.25, 0.3) is 0 Å². The molecule has 7 nitrogen and oxygen atoms in total. The van der Waals surface area contributed by atoms with E-state index in [1.807, 2.05) is 26.0 Å². The zero-order chi connectivity index (χ0) is 21.6. The van der Waals surface area contributed by atoms with Crippen molar-refractivity contribution in [2.75, 3.05) is 41.0 Å². The number of rotatable bonds is 11. The van der Waals surface area contributed by atoms with E-state index in [2.05, 4.69) is 0 Å². The van der Waals surface area contributed by atoms with Crippen LogP contribution in [-0.2, 0) is 14.3 Å². The average Bonchev–Trinajstić information content (AvgIpc) is 3.49. The van der Waals surface area contributed by atoms with Crippen molar-refractivity contribution in [1.82, 2.24) is 4.90 Å². The largest absolute Gasteiger partial charge is 0.493 e. The van der Waals surface area contributed by atoms with Gasteiger partial charge in [-0.2, -0.15) is 0 Å². The molecule has 1 aromatic rings. The Kier molecular flexibility index (Phi) is 7.76. The molecule has 0 aliphatic heterocycles. The van der Waals surface area contributed by atoms with E-state index in [0.717, 1.165) is 18.4 Å². The zero-order valence-electron chi connectivity index (χ0n) is 18.4. The Morgan fingerprint density at radius 3 is 1.97 bits per heavy atom. The molecule has 2 unspecified atom stereocenters. The molecule has 0 radical (unpaired) electrons. The van der Waals surface area contributed by atoms with Crippen LogP contribution in [0.2, 0.25) is 0 Å². The fourth-order valence-electron chi connectivity index (χ4n) is 3.91. The third-order valence-corrected chi connectivity index (χ3v) is 5.35. The van der Waals surface area contributed by atoms with E-state index in [1.54, 1.807) is 26.0 Å². The fraction of sp³-hybridized carbons (Fsp3) is 0.636. The summed E-state index contributed by atoms with van der Waals surface area (Å²) in [4.78, 5) is 28.2. The minimum Gasteiger partial charge on any atom is -0.493 e. The van der Waals surface area contributed by atoms with Gasteiger partial charge >= 0.3 is 5.97 Å². The molecule has 1 aliphatic rings. The van der Waals surface area contributed by atoms with E-state index in [1.165, 1.54) is 7.11 Å². The lowest BCUT2D eigenvalue weighted by Crippen LogP contribution is -2.43. The molecule has 0 spiro atoms. The van der Waals surface area contributed by atoms with E-state index >= 15 is 0 Å². The maximum absolute atomic E-state index is 13.5. The summed E-state index contributed by atoms with van der Waals surface area (Å²) in [5, 5.41) is 0. The van der Waals surface area contributed by atoms with Gasteiger partial charge < -0.3 is 23.8 Å². The molecular formula is C22H33NO6. The van der Waals surface area contributed by atoms with Gasteiger partial charge in [0.2, 0.25) is 11.7 Å². The number of hydrogen-bond donors (Lipinski definition) is 0. The van der Waals surface area contributed by atoms with Gasteiger partial charge in [0.15, 0.2) is 16.9 Å². The fourth-order valence-corrected chi connectivity index (χ4v) is 3.91. The summed E-state index contributed by atoms with van der Waals surface area (Å²) in [6.45, 7) is 7.28. The van der Waals surface area contributed by atoms with Crippen molar-refractivity contribution in [2.45, 2.75) is 46.0 Å². The highest BCUT2D eigenvalue weighted by Gasteiger charge is 2.68. The molecule has 2 rings (SSSR count). The lowest BCUT2D eigenvalue weighted by molar-refractivity contribution is -0.158. The first-order chi connectivity index (χ1) is 13.9. The van der Waals surface area contributed by atoms with Crippen LogP contribution in [0.1, 0.15) is 51.5 Å². The van der Waals surface area contributed by atoms with Gasteiger partial charge in [-0.05, 0) is 43.9 Å². The van der Waals surface area contributed by atoms with Gasteiger partial charge in [0.05, 0.1) is 27.9 Å². The molecule has 7 heteroatoms. The highest BCUT2D eigenvalue weighted by atomic mass is 16.5. The molecule has 1 aromatic carbocycles. The number of benzene rings is 1. The van der Waals surface area contributed by atoms with Crippen LogP contribution in [0.4, 0.5) is 0 Å². The highest BCUT2D eigenvalue weighted by Crippen LogP contribution is 2.62. The van der Waals surface area contributed by atoms with Gasteiger partial charge in [-0.15, -0.1) is 0 Å². The van der Waals surface area contributed by atoms with E-state index in [9.17, 15) is 9.59 Å². The van der Waals surface area contributed by atoms with Crippen molar-refractivity contribution in [2.24, 2.45) is 5.41 Å². The predicted molar refractivity (Wildman–Crippen MR) is 110 cm³/mol. The third-order valence-electron chi connectivity index (χ3n) is 5.35. The second-order valence-corrected chi connectivity index (χ2v) is 7.20. The molecule has 162 valence electrons. The van der Waals surface area contributed by atoms with Crippen molar-refractivity contribution in [1.29, 1.82) is 0 Å². The molecule has 0 N–H and O–H groups in total. The number of carbonyl (C=O) groups excluding carboxylic acids is 2. The summed E-state index contributed by atoms with van der Waals surface area (Å²) >= 11 is 0. The third kappa shape index (κ3) is 4.28. The number of ether oxygens (including phenoxy) is 4. The van der Waals surface area contributed by atoms with Crippen LogP contribution in [-0.4, -0.2) is 57.8 Å². The first kappa shape index (κ1) is 22.8. The standard InChI is InChI=1S/C22H33NO6/c1-7-10-23(11-8-2)20(24)22(21(25)29-9-3)14-16(22)15-12-17(26-4)19(28-6)18(13-15)27-5/h12-13,16H,7-11,14H2,1-6H3. The van der Waals surface area contributed by atoms with Crippen molar-refractivity contribution in [3.05, 3.63) is 17.7 Å². The van der Waals surface area contributed by atoms with Gasteiger partial charge in [0, 0.05) is 19.0 Å². The van der Waals surface area contributed by atoms with Gasteiger partial charge in [-0.25, -0.2) is 0 Å². The summed E-state index contributed by atoms with van der Waals surface area (Å²) in [5.41, 5.74) is -0.390. The summed E-state index contributed by atoms with van der Waals surface area (Å²) < 4.78 is 21.6. The Labute approximate surface area is 173 Å². The molecule has 1 amide bonds. The number of nitrogens with zero attached hydrogens (tertiary/aromatic N) is 1. The first-order valence-electron chi connectivity index (χ1n) is 10.2. The topological polar surface area (TPSA) is 74.3 Å². The number of carbonyl (C=O) groups is 2. The van der Waals surface area contributed by atoms with Gasteiger partial charge in [-0.1, -0.05) is 13.8 Å².